The molecule has 0 aliphatic carbocycles. The van der Waals surface area contributed by atoms with Crippen LogP contribution in [0.2, 0.25) is 0 Å². The Morgan fingerprint density at radius 2 is 2.11 bits per heavy atom. The first kappa shape index (κ1) is 15.0. The van der Waals surface area contributed by atoms with E-state index in [1.54, 1.807) is 0 Å². The smallest absolute Gasteiger partial charge is 0.0552 e. The average molecular weight is 327 g/mol. The van der Waals surface area contributed by atoms with Crippen LogP contribution in [0.1, 0.15) is 31.4 Å². The largest absolute Gasteiger partial charge is 0.393 e. The normalized spacial score (nSPS) is 23.5. The molecule has 1 saturated heterocycles. The Morgan fingerprint density at radius 3 is 2.68 bits per heavy atom. The summed E-state index contributed by atoms with van der Waals surface area (Å²) in [6, 6.07) is 8.33. The van der Waals surface area contributed by atoms with Gasteiger partial charge in [-0.25, -0.2) is 0 Å². The van der Waals surface area contributed by atoms with E-state index in [2.05, 4.69) is 33.0 Å². The molecule has 4 heteroatoms. The highest BCUT2D eigenvalue weighted by Gasteiger charge is 2.25. The second-order valence-electron chi connectivity index (χ2n) is 5.54. The number of rotatable bonds is 5. The second-order valence-corrected chi connectivity index (χ2v) is 6.45. The van der Waals surface area contributed by atoms with Crippen LogP contribution >= 0.6 is 15.9 Å². The predicted octanol–water partition coefficient (Wildman–Crippen LogP) is 2.54. The molecule has 0 aromatic heterocycles. The van der Waals surface area contributed by atoms with Crippen molar-refractivity contribution >= 4 is 15.9 Å². The average Bonchev–Trinajstić information content (AvgIpc) is 2.86. The quantitative estimate of drug-likeness (QED) is 0.874. The van der Waals surface area contributed by atoms with E-state index in [9.17, 15) is 5.11 Å². The Morgan fingerprint density at radius 1 is 1.42 bits per heavy atom. The fraction of sp³-hybridized carbons (Fsp3) is 0.600. The van der Waals surface area contributed by atoms with Crippen LogP contribution in [-0.4, -0.2) is 35.7 Å². The Bertz CT molecular complexity index is 394. The van der Waals surface area contributed by atoms with Crippen molar-refractivity contribution in [3.05, 3.63) is 34.3 Å². The summed E-state index contributed by atoms with van der Waals surface area (Å²) < 4.78 is 1.09. The van der Waals surface area contributed by atoms with Crippen molar-refractivity contribution in [2.24, 2.45) is 11.7 Å². The number of aliphatic hydroxyl groups excluding tert-OH is 1. The van der Waals surface area contributed by atoms with Crippen LogP contribution in [-0.2, 0) is 0 Å². The van der Waals surface area contributed by atoms with Gasteiger partial charge in [-0.15, -0.1) is 0 Å². The van der Waals surface area contributed by atoms with Crippen LogP contribution in [0.25, 0.3) is 0 Å². The summed E-state index contributed by atoms with van der Waals surface area (Å²) in [4.78, 5) is 2.41. The molecule has 0 saturated carbocycles. The maximum absolute atomic E-state index is 9.60. The van der Waals surface area contributed by atoms with Crippen molar-refractivity contribution < 1.29 is 5.11 Å². The maximum Gasteiger partial charge on any atom is 0.0552 e. The predicted molar refractivity (Wildman–Crippen MR) is 81.9 cm³/mol. The third-order valence-electron chi connectivity index (χ3n) is 4.05. The van der Waals surface area contributed by atoms with Crippen LogP contribution in [0.5, 0.6) is 0 Å². The number of nitrogens with zero attached hydrogens (tertiary/aromatic N) is 1. The highest BCUT2D eigenvalue weighted by molar-refractivity contribution is 9.10. The summed E-state index contributed by atoms with van der Waals surface area (Å²) in [6.45, 7) is 5.00. The van der Waals surface area contributed by atoms with Crippen LogP contribution in [0.15, 0.2) is 28.7 Å². The Labute approximate surface area is 123 Å². The number of hydrogen-bond donors (Lipinski definition) is 2. The molecule has 1 aromatic rings. The Balaban J connectivity index is 1.78. The molecule has 0 amide bonds. The molecule has 1 aromatic carbocycles. The van der Waals surface area contributed by atoms with Gasteiger partial charge in [0.1, 0.15) is 0 Å². The number of nitrogens with two attached hydrogens (primary N) is 1. The van der Waals surface area contributed by atoms with Gasteiger partial charge < -0.3 is 15.7 Å². The van der Waals surface area contributed by atoms with Gasteiger partial charge in [0.15, 0.2) is 0 Å². The van der Waals surface area contributed by atoms with E-state index in [1.807, 2.05) is 19.1 Å². The molecule has 0 spiro atoms. The monoisotopic (exact) mass is 326 g/mol. The van der Waals surface area contributed by atoms with E-state index >= 15 is 0 Å². The lowest BCUT2D eigenvalue weighted by molar-refractivity contribution is 0.127. The van der Waals surface area contributed by atoms with E-state index in [4.69, 9.17) is 5.73 Å². The van der Waals surface area contributed by atoms with Gasteiger partial charge in [-0.3, -0.25) is 0 Å². The van der Waals surface area contributed by atoms with Crippen LogP contribution in [0, 0.1) is 5.92 Å². The maximum atomic E-state index is 9.60. The lowest BCUT2D eigenvalue weighted by Crippen LogP contribution is -2.27. The highest BCUT2D eigenvalue weighted by atomic mass is 79.9. The molecular weight excluding hydrogens is 304 g/mol. The van der Waals surface area contributed by atoms with Gasteiger partial charge in [-0.2, -0.15) is 0 Å². The van der Waals surface area contributed by atoms with Gasteiger partial charge in [-0.1, -0.05) is 28.1 Å². The minimum absolute atomic E-state index is 0.0960. The zero-order chi connectivity index (χ0) is 13.8. The topological polar surface area (TPSA) is 49.5 Å². The molecule has 19 heavy (non-hydrogen) atoms. The first-order valence-corrected chi connectivity index (χ1v) is 7.77. The summed E-state index contributed by atoms with van der Waals surface area (Å²) >= 11 is 3.43. The molecule has 1 fully saturated rings. The van der Waals surface area contributed by atoms with E-state index in [0.717, 1.165) is 36.9 Å². The molecular formula is C15H23BrN2O. The molecule has 3 nitrogen and oxygen atoms in total. The standard InChI is InChI=1S/C15H23BrN2O/c1-11(19)13-6-8-18(10-13)9-7-15(17)12-2-4-14(16)5-3-12/h2-5,11,13,15,19H,6-10,17H2,1H3. The highest BCUT2D eigenvalue weighted by Crippen LogP contribution is 2.22. The third kappa shape index (κ3) is 4.28. The zero-order valence-electron chi connectivity index (χ0n) is 11.4. The lowest BCUT2D eigenvalue weighted by atomic mass is 10.0. The van der Waals surface area contributed by atoms with Crippen molar-refractivity contribution in [1.29, 1.82) is 0 Å². The Kier molecular flexibility index (Phi) is 5.39. The number of benzene rings is 1. The molecule has 1 aliphatic rings. The van der Waals surface area contributed by atoms with E-state index < -0.39 is 0 Å². The van der Waals surface area contributed by atoms with Crippen molar-refractivity contribution in [3.63, 3.8) is 0 Å². The summed E-state index contributed by atoms with van der Waals surface area (Å²) in [7, 11) is 0. The van der Waals surface area contributed by atoms with Crippen LogP contribution in [0.4, 0.5) is 0 Å². The van der Waals surface area contributed by atoms with Crippen molar-refractivity contribution in [2.75, 3.05) is 19.6 Å². The summed E-state index contributed by atoms with van der Waals surface area (Å²) in [5, 5.41) is 9.60. The minimum atomic E-state index is -0.190. The molecule has 1 heterocycles. The first-order chi connectivity index (χ1) is 9.06. The third-order valence-corrected chi connectivity index (χ3v) is 4.57. The van der Waals surface area contributed by atoms with Crippen molar-refractivity contribution in [2.45, 2.75) is 31.9 Å². The fourth-order valence-electron chi connectivity index (χ4n) is 2.66. The van der Waals surface area contributed by atoms with E-state index in [0.29, 0.717) is 5.92 Å². The van der Waals surface area contributed by atoms with Gasteiger partial charge in [-0.05, 0) is 56.5 Å². The van der Waals surface area contributed by atoms with E-state index in [-0.39, 0.29) is 12.1 Å². The SMILES string of the molecule is CC(O)C1CCN(CCC(N)c2ccc(Br)cc2)C1. The number of aliphatic hydroxyl groups is 1. The van der Waals surface area contributed by atoms with Gasteiger partial charge in [0.25, 0.3) is 0 Å². The molecule has 3 N–H and O–H groups in total. The van der Waals surface area contributed by atoms with Crippen LogP contribution < -0.4 is 5.73 Å². The van der Waals surface area contributed by atoms with Gasteiger partial charge in [0, 0.05) is 17.1 Å². The zero-order valence-corrected chi connectivity index (χ0v) is 13.0. The van der Waals surface area contributed by atoms with Crippen LogP contribution in [0.3, 0.4) is 0 Å². The molecule has 0 radical (unpaired) electrons. The van der Waals surface area contributed by atoms with Gasteiger partial charge in [0.05, 0.1) is 6.10 Å². The summed E-state index contributed by atoms with van der Waals surface area (Å²) in [5.74, 6) is 0.434. The molecule has 2 rings (SSSR count). The van der Waals surface area contributed by atoms with E-state index in [1.165, 1.54) is 5.56 Å². The summed E-state index contributed by atoms with van der Waals surface area (Å²) in [6.07, 6.45) is 1.88. The lowest BCUT2D eigenvalue weighted by Gasteiger charge is -2.20. The van der Waals surface area contributed by atoms with Gasteiger partial charge >= 0.3 is 0 Å². The second kappa shape index (κ2) is 6.84. The number of likely N-dealkylation sites (tertiary alicyclic amines) is 1. The molecule has 0 bridgehead atoms. The number of hydrogen-bond acceptors (Lipinski definition) is 3. The Hall–Kier alpha value is -0.420. The molecule has 1 aliphatic heterocycles. The molecule has 3 unspecified atom stereocenters. The minimum Gasteiger partial charge on any atom is -0.393 e. The molecule has 106 valence electrons. The van der Waals surface area contributed by atoms with Crippen molar-refractivity contribution in [1.82, 2.24) is 4.90 Å². The number of halogens is 1. The summed E-state index contributed by atoms with van der Waals surface area (Å²) in [5.41, 5.74) is 7.42. The fourth-order valence-corrected chi connectivity index (χ4v) is 2.92. The first-order valence-electron chi connectivity index (χ1n) is 6.97. The molecule has 3 atom stereocenters. The van der Waals surface area contributed by atoms with Gasteiger partial charge in [0.2, 0.25) is 0 Å². The van der Waals surface area contributed by atoms with Crippen molar-refractivity contribution in [3.8, 4) is 0 Å².